The molecule has 0 unspecified atom stereocenters. The van der Waals surface area contributed by atoms with Crippen LogP contribution in [0.5, 0.6) is 0 Å². The Morgan fingerprint density at radius 1 is 1.27 bits per heavy atom. The molecule has 0 aliphatic carbocycles. The lowest BCUT2D eigenvalue weighted by Gasteiger charge is -2.12. The lowest BCUT2D eigenvalue weighted by molar-refractivity contribution is -0.141. The largest absolute Gasteiger partial charge is 0.481 e. The van der Waals surface area contributed by atoms with Gasteiger partial charge in [-0.15, -0.1) is 11.3 Å². The Morgan fingerprint density at radius 2 is 1.92 bits per heavy atom. The van der Waals surface area contributed by atoms with Crippen molar-refractivity contribution in [2.24, 2.45) is 5.11 Å². The zero-order valence-corrected chi connectivity index (χ0v) is 16.0. The number of carbonyl (C=O) groups is 1. The molecule has 0 saturated heterocycles. The summed E-state index contributed by atoms with van der Waals surface area (Å²) in [6.45, 7) is 2.22. The van der Waals surface area contributed by atoms with E-state index in [1.165, 1.54) is 56.3 Å². The van der Waals surface area contributed by atoms with Crippen molar-refractivity contribution >= 4 is 17.3 Å². The first kappa shape index (κ1) is 22.0. The van der Waals surface area contributed by atoms with Crippen LogP contribution in [0.4, 0.5) is 0 Å². The maximum absolute atomic E-state index is 11.0. The van der Waals surface area contributed by atoms with Crippen molar-refractivity contribution in [1.82, 2.24) is 0 Å². The molecule has 142 valence electrons. The molecule has 0 aliphatic heterocycles. The maximum atomic E-state index is 11.0. The molecule has 2 N–H and O–H groups in total. The van der Waals surface area contributed by atoms with E-state index in [0.717, 1.165) is 18.4 Å². The van der Waals surface area contributed by atoms with Crippen LogP contribution < -0.4 is 0 Å². The first-order chi connectivity index (χ1) is 12.6. The maximum Gasteiger partial charge on any atom is 0.315 e. The molecule has 26 heavy (non-hydrogen) atoms. The number of aliphatic hydroxyl groups is 1. The van der Waals surface area contributed by atoms with Gasteiger partial charge in [0.25, 0.3) is 0 Å². The predicted octanol–water partition coefficient (Wildman–Crippen LogP) is 5.43. The lowest BCUT2D eigenvalue weighted by Crippen LogP contribution is -2.24. The van der Waals surface area contributed by atoms with Crippen molar-refractivity contribution in [2.45, 2.75) is 76.9 Å². The summed E-state index contributed by atoms with van der Waals surface area (Å²) in [5, 5.41) is 24.0. The van der Waals surface area contributed by atoms with Gasteiger partial charge in [-0.25, -0.2) is 0 Å². The second-order valence-corrected chi connectivity index (χ2v) is 7.14. The van der Waals surface area contributed by atoms with Crippen molar-refractivity contribution in [3.63, 3.8) is 0 Å². The number of carboxylic acid groups (broad SMARTS) is 1. The molecule has 0 saturated carbocycles. The number of rotatable bonds is 12. The number of nitrogens with zero attached hydrogens (tertiary/aromatic N) is 3. The van der Waals surface area contributed by atoms with E-state index in [0.29, 0.717) is 4.88 Å². The van der Waals surface area contributed by atoms with Crippen LogP contribution in [0, 0.1) is 11.8 Å². The molecule has 0 amide bonds. The van der Waals surface area contributed by atoms with E-state index in [1.54, 1.807) is 11.4 Å². The van der Waals surface area contributed by atoms with Gasteiger partial charge < -0.3 is 10.2 Å². The average molecular weight is 378 g/mol. The zero-order chi connectivity index (χ0) is 19.2. The third-order valence-corrected chi connectivity index (χ3v) is 5.03. The van der Waals surface area contributed by atoms with Crippen LogP contribution in [-0.4, -0.2) is 22.2 Å². The van der Waals surface area contributed by atoms with E-state index in [2.05, 4.69) is 28.8 Å². The van der Waals surface area contributed by atoms with Crippen LogP contribution in [0.1, 0.15) is 81.3 Å². The number of aliphatic hydroxyl groups excluding tert-OH is 1. The molecule has 2 atom stereocenters. The molecule has 0 spiro atoms. The first-order valence-electron chi connectivity index (χ1n) is 9.12. The highest BCUT2D eigenvalue weighted by molar-refractivity contribution is 7.10. The first-order valence-corrected chi connectivity index (χ1v) is 10.0. The second kappa shape index (κ2) is 13.2. The molecular formula is C19H27N3O3S. The Kier molecular flexibility index (Phi) is 11.2. The molecule has 0 aromatic carbocycles. The highest BCUT2D eigenvalue weighted by Crippen LogP contribution is 2.26. The van der Waals surface area contributed by atoms with E-state index in [4.69, 9.17) is 10.6 Å². The fraction of sp³-hybridized carbons (Fsp3) is 0.632. The molecule has 1 rings (SSSR count). The van der Waals surface area contributed by atoms with Gasteiger partial charge in [0.1, 0.15) is 6.10 Å². The number of aliphatic carboxylic acids is 1. The van der Waals surface area contributed by atoms with Crippen LogP contribution >= 0.6 is 11.3 Å². The molecule has 1 aromatic heterocycles. The third kappa shape index (κ3) is 8.39. The summed E-state index contributed by atoms with van der Waals surface area (Å²) in [5.74, 6) is 4.80. The third-order valence-electron chi connectivity index (χ3n) is 4.03. The van der Waals surface area contributed by atoms with Crippen LogP contribution in [-0.2, 0) is 4.79 Å². The topological polar surface area (TPSA) is 106 Å². The summed E-state index contributed by atoms with van der Waals surface area (Å²) in [7, 11) is 0. The Labute approximate surface area is 158 Å². The van der Waals surface area contributed by atoms with Gasteiger partial charge in [0.15, 0.2) is 6.04 Å². The molecule has 6 nitrogen and oxygen atoms in total. The van der Waals surface area contributed by atoms with Crippen LogP contribution in [0.2, 0.25) is 0 Å². The van der Waals surface area contributed by atoms with Gasteiger partial charge in [0.05, 0.1) is 0 Å². The minimum atomic E-state index is -1.53. The fourth-order valence-corrected chi connectivity index (χ4v) is 3.40. The predicted molar refractivity (Wildman–Crippen MR) is 104 cm³/mol. The number of unbranched alkanes of at least 4 members (excludes halogenated alkanes) is 8. The highest BCUT2D eigenvalue weighted by atomic mass is 32.1. The summed E-state index contributed by atoms with van der Waals surface area (Å²) in [4.78, 5) is 13.9. The Balaban J connectivity index is 2.37. The Hall–Kier alpha value is -2.00. The second-order valence-electron chi connectivity index (χ2n) is 6.20. The fourth-order valence-electron chi connectivity index (χ4n) is 2.54. The quantitative estimate of drug-likeness (QED) is 0.167. The SMILES string of the molecule is CCCCCCCCCCC#Cc1csc([C@H](O)[C@H](N=[N+]=[N-])C(=O)O)c1. The minimum absolute atomic E-state index is 0.432. The van der Waals surface area contributed by atoms with Gasteiger partial charge in [0.2, 0.25) is 0 Å². The van der Waals surface area contributed by atoms with E-state index in [-0.39, 0.29) is 0 Å². The molecule has 1 heterocycles. The number of azide groups is 1. The van der Waals surface area contributed by atoms with Gasteiger partial charge >= 0.3 is 5.97 Å². The number of hydrogen-bond donors (Lipinski definition) is 2. The average Bonchev–Trinajstić information content (AvgIpc) is 3.09. The van der Waals surface area contributed by atoms with Crippen molar-refractivity contribution < 1.29 is 15.0 Å². The van der Waals surface area contributed by atoms with Crippen LogP contribution in [0.25, 0.3) is 10.4 Å². The van der Waals surface area contributed by atoms with E-state index >= 15 is 0 Å². The van der Waals surface area contributed by atoms with Gasteiger partial charge in [0, 0.05) is 27.2 Å². The van der Waals surface area contributed by atoms with E-state index in [1.807, 2.05) is 0 Å². The summed E-state index contributed by atoms with van der Waals surface area (Å²) >= 11 is 1.21. The summed E-state index contributed by atoms with van der Waals surface area (Å²) in [5.41, 5.74) is 9.15. The molecular weight excluding hydrogens is 350 g/mol. The number of carboxylic acids is 1. The normalized spacial score (nSPS) is 12.5. The van der Waals surface area contributed by atoms with E-state index < -0.39 is 18.1 Å². The number of thiophene rings is 1. The molecule has 0 fully saturated rings. The van der Waals surface area contributed by atoms with Crippen molar-refractivity contribution in [1.29, 1.82) is 0 Å². The molecule has 0 aliphatic rings. The highest BCUT2D eigenvalue weighted by Gasteiger charge is 2.27. The molecule has 0 bridgehead atoms. The Bertz CT molecular complexity index is 654. The number of hydrogen-bond acceptors (Lipinski definition) is 4. The standard InChI is InChI=1S/C19H27N3O3S/c1-2-3-4-5-6-7-8-9-10-11-12-15-13-16(26-14-15)18(23)17(19(24)25)21-22-20/h13-14,17-18,23H,2-10H2,1H3,(H,24,25)/t17-,18-/m0/s1. The Morgan fingerprint density at radius 3 is 2.54 bits per heavy atom. The zero-order valence-electron chi connectivity index (χ0n) is 15.2. The van der Waals surface area contributed by atoms with Crippen molar-refractivity contribution in [3.05, 3.63) is 32.3 Å². The summed E-state index contributed by atoms with van der Waals surface area (Å²) in [6, 6.07) is 0.121. The molecule has 7 heteroatoms. The van der Waals surface area contributed by atoms with Gasteiger partial charge in [-0.2, -0.15) is 0 Å². The van der Waals surface area contributed by atoms with Crippen molar-refractivity contribution in [3.8, 4) is 11.8 Å². The van der Waals surface area contributed by atoms with Gasteiger partial charge in [-0.1, -0.05) is 68.8 Å². The van der Waals surface area contributed by atoms with Crippen molar-refractivity contribution in [2.75, 3.05) is 0 Å². The monoisotopic (exact) mass is 377 g/mol. The van der Waals surface area contributed by atoms with Crippen LogP contribution in [0.3, 0.4) is 0 Å². The molecule has 1 aromatic rings. The summed E-state index contributed by atoms with van der Waals surface area (Å²) < 4.78 is 0. The van der Waals surface area contributed by atoms with E-state index in [9.17, 15) is 9.90 Å². The van der Waals surface area contributed by atoms with Gasteiger partial charge in [-0.3, -0.25) is 4.79 Å². The molecule has 0 radical (unpaired) electrons. The minimum Gasteiger partial charge on any atom is -0.481 e. The summed E-state index contributed by atoms with van der Waals surface area (Å²) in [6.07, 6.45) is 9.58. The lowest BCUT2D eigenvalue weighted by atomic mass is 10.1. The smallest absolute Gasteiger partial charge is 0.315 e. The van der Waals surface area contributed by atoms with Gasteiger partial charge in [-0.05, 0) is 18.0 Å². The van der Waals surface area contributed by atoms with Crippen LogP contribution in [0.15, 0.2) is 16.6 Å².